The molecule has 0 aliphatic carbocycles. The predicted octanol–water partition coefficient (Wildman–Crippen LogP) is 11.3. The highest BCUT2D eigenvalue weighted by Gasteiger charge is 2.13. The van der Waals surface area contributed by atoms with E-state index in [1.165, 1.54) is 12.1 Å². The van der Waals surface area contributed by atoms with Gasteiger partial charge in [0.25, 0.3) is 0 Å². The van der Waals surface area contributed by atoms with Crippen molar-refractivity contribution >= 4 is 89.4 Å². The number of carbonyl (C=O) groups excluding carboxylic acids is 1. The third kappa shape index (κ3) is 14.4. The molecular formula is C32H33Br2Cl2IO5. The van der Waals surface area contributed by atoms with E-state index in [1.807, 2.05) is 49.1 Å². The SMILES string of the molecule is C.CCOc1ccc(C(=O)c2cc(Br)ccc2Cl)cc1.CCOc1ccccc1.CI.O=C(O)c1cc(Br)ccc1Cl. The fourth-order valence-corrected chi connectivity index (χ4v) is 4.16. The lowest BCUT2D eigenvalue weighted by atomic mass is 10.0. The lowest BCUT2D eigenvalue weighted by Crippen LogP contribution is -2.02. The van der Waals surface area contributed by atoms with Gasteiger partial charge in [0, 0.05) is 20.1 Å². The summed E-state index contributed by atoms with van der Waals surface area (Å²) in [6.45, 7) is 5.24. The Morgan fingerprint density at radius 2 is 1.14 bits per heavy atom. The molecule has 4 rings (SSSR count). The summed E-state index contributed by atoms with van der Waals surface area (Å²) < 4.78 is 12.1. The summed E-state index contributed by atoms with van der Waals surface area (Å²) >= 11 is 20.3. The molecule has 1 N–H and O–H groups in total. The van der Waals surface area contributed by atoms with Crippen LogP contribution in [0.5, 0.6) is 11.5 Å². The topological polar surface area (TPSA) is 72.8 Å². The van der Waals surface area contributed by atoms with E-state index >= 15 is 0 Å². The van der Waals surface area contributed by atoms with Crippen LogP contribution in [0.25, 0.3) is 0 Å². The molecule has 0 unspecified atom stereocenters. The molecule has 0 heterocycles. The first-order valence-corrected chi connectivity index (χ1v) is 16.6. The maximum Gasteiger partial charge on any atom is 0.337 e. The molecule has 0 bridgehead atoms. The molecule has 0 aromatic heterocycles. The Morgan fingerprint density at radius 1 is 0.714 bits per heavy atom. The average Bonchev–Trinajstić information content (AvgIpc) is 2.98. The van der Waals surface area contributed by atoms with Gasteiger partial charge in [0.1, 0.15) is 11.5 Å². The number of ether oxygens (including phenoxy) is 2. The highest BCUT2D eigenvalue weighted by atomic mass is 127. The first-order valence-electron chi connectivity index (χ1n) is 12.1. The number of aromatic carboxylic acids is 1. The van der Waals surface area contributed by atoms with Gasteiger partial charge in [-0.1, -0.05) is 103 Å². The Morgan fingerprint density at radius 3 is 1.57 bits per heavy atom. The van der Waals surface area contributed by atoms with Crippen LogP contribution in [-0.2, 0) is 0 Å². The summed E-state index contributed by atoms with van der Waals surface area (Å²) in [5.74, 6) is 0.574. The molecule has 0 amide bonds. The minimum absolute atomic E-state index is 0. The van der Waals surface area contributed by atoms with Gasteiger partial charge >= 0.3 is 5.97 Å². The number of rotatable bonds is 7. The maximum atomic E-state index is 12.3. The molecule has 0 spiro atoms. The number of alkyl halides is 1. The van der Waals surface area contributed by atoms with Crippen molar-refractivity contribution in [1.29, 1.82) is 0 Å². The highest BCUT2D eigenvalue weighted by Crippen LogP contribution is 2.24. The minimum atomic E-state index is -1.02. The summed E-state index contributed by atoms with van der Waals surface area (Å²) in [5, 5.41) is 9.28. The largest absolute Gasteiger partial charge is 0.494 e. The second-order valence-electron chi connectivity index (χ2n) is 7.59. The molecule has 0 aliphatic heterocycles. The number of halogens is 5. The fourth-order valence-electron chi connectivity index (χ4n) is 3.04. The van der Waals surface area contributed by atoms with Crippen molar-refractivity contribution in [1.82, 2.24) is 0 Å². The van der Waals surface area contributed by atoms with Crippen LogP contribution in [0.15, 0.2) is 99.9 Å². The first kappa shape index (κ1) is 39.9. The monoisotopic (exact) mass is 852 g/mol. The quantitative estimate of drug-likeness (QED) is 0.114. The molecule has 42 heavy (non-hydrogen) atoms. The predicted molar refractivity (Wildman–Crippen MR) is 191 cm³/mol. The minimum Gasteiger partial charge on any atom is -0.494 e. The molecule has 0 aliphatic rings. The summed E-state index contributed by atoms with van der Waals surface area (Å²) in [5.41, 5.74) is 1.18. The number of para-hydroxylation sites is 1. The molecule has 4 aromatic carbocycles. The van der Waals surface area contributed by atoms with Crippen LogP contribution < -0.4 is 9.47 Å². The summed E-state index contributed by atoms with van der Waals surface area (Å²) in [6, 6.07) is 26.8. The van der Waals surface area contributed by atoms with Crippen LogP contribution in [0.2, 0.25) is 10.0 Å². The molecule has 0 radical (unpaired) electrons. The Bertz CT molecular complexity index is 1370. The van der Waals surface area contributed by atoms with E-state index in [9.17, 15) is 9.59 Å². The fraction of sp³-hybridized carbons (Fsp3) is 0.188. The van der Waals surface area contributed by atoms with Gasteiger partial charge in [-0.3, -0.25) is 4.79 Å². The van der Waals surface area contributed by atoms with Crippen molar-refractivity contribution in [3.63, 3.8) is 0 Å². The van der Waals surface area contributed by atoms with Crippen molar-refractivity contribution in [3.05, 3.63) is 127 Å². The number of ketones is 1. The maximum absolute atomic E-state index is 12.3. The zero-order chi connectivity index (χ0) is 30.8. The van der Waals surface area contributed by atoms with E-state index in [0.717, 1.165) is 22.6 Å². The number of carboxylic acids is 1. The lowest BCUT2D eigenvalue weighted by Gasteiger charge is -2.06. The number of carbonyl (C=O) groups is 2. The van der Waals surface area contributed by atoms with Crippen molar-refractivity contribution in [2.75, 3.05) is 18.1 Å². The van der Waals surface area contributed by atoms with Crippen LogP contribution in [0.1, 0.15) is 47.6 Å². The highest BCUT2D eigenvalue weighted by molar-refractivity contribution is 14.1. The Hall–Kier alpha value is -2.11. The van der Waals surface area contributed by atoms with Crippen LogP contribution in [0, 0.1) is 0 Å². The second kappa shape index (κ2) is 22.4. The number of benzene rings is 4. The van der Waals surface area contributed by atoms with E-state index in [4.69, 9.17) is 37.8 Å². The average molecular weight is 855 g/mol. The Labute approximate surface area is 288 Å². The van der Waals surface area contributed by atoms with Gasteiger partial charge in [0.05, 0.1) is 28.8 Å². The van der Waals surface area contributed by atoms with Crippen LogP contribution in [-0.4, -0.2) is 35.0 Å². The zero-order valence-electron chi connectivity index (χ0n) is 22.5. The molecule has 10 heteroatoms. The van der Waals surface area contributed by atoms with Crippen LogP contribution in [0.3, 0.4) is 0 Å². The molecule has 0 saturated carbocycles. The zero-order valence-corrected chi connectivity index (χ0v) is 29.4. The standard InChI is InChI=1S/C15H12BrClO2.C8H10O.C7H4BrClO2.CH3I.CH4/c1-2-19-12-6-3-10(4-7-12)15(18)13-9-11(16)5-8-14(13)17;1-2-9-8-6-4-3-5-7-8;8-4-1-2-6(9)5(3-4)7(10)11;1-2;/h3-9H,2H2,1H3;3-7H,2H2,1H3;1-3H,(H,10,11);1H3;1H4. The third-order valence-corrected chi connectivity index (χ3v) is 6.46. The van der Waals surface area contributed by atoms with Gasteiger partial charge in [0.15, 0.2) is 5.78 Å². The normalized spacial score (nSPS) is 9.24. The molecular weight excluding hydrogens is 822 g/mol. The third-order valence-electron chi connectivity index (χ3n) is 4.81. The molecule has 4 aromatic rings. The molecule has 0 atom stereocenters. The summed E-state index contributed by atoms with van der Waals surface area (Å²) in [7, 11) is 0. The first-order chi connectivity index (χ1) is 19.7. The number of hydrogen-bond acceptors (Lipinski definition) is 4. The molecule has 226 valence electrons. The number of carboxylic acid groups (broad SMARTS) is 1. The van der Waals surface area contributed by atoms with E-state index in [0.29, 0.717) is 27.2 Å². The lowest BCUT2D eigenvalue weighted by molar-refractivity contribution is 0.0696. The number of hydrogen-bond donors (Lipinski definition) is 1. The van der Waals surface area contributed by atoms with Gasteiger partial charge in [0.2, 0.25) is 0 Å². The molecule has 0 fully saturated rings. The van der Waals surface area contributed by atoms with Crippen molar-refractivity contribution < 1.29 is 24.2 Å². The smallest absolute Gasteiger partial charge is 0.337 e. The Balaban J connectivity index is 0.000000624. The van der Waals surface area contributed by atoms with E-state index < -0.39 is 5.97 Å². The van der Waals surface area contributed by atoms with Gasteiger partial charge in [-0.25, -0.2) is 4.79 Å². The van der Waals surface area contributed by atoms with Crippen LogP contribution in [0.4, 0.5) is 0 Å². The van der Waals surface area contributed by atoms with E-state index in [-0.39, 0.29) is 23.8 Å². The van der Waals surface area contributed by atoms with Gasteiger partial charge < -0.3 is 14.6 Å². The van der Waals surface area contributed by atoms with Gasteiger partial charge in [-0.05, 0) is 91.6 Å². The van der Waals surface area contributed by atoms with Gasteiger partial charge in [-0.15, -0.1) is 0 Å². The molecule has 0 saturated heterocycles. The van der Waals surface area contributed by atoms with Gasteiger partial charge in [-0.2, -0.15) is 0 Å². The van der Waals surface area contributed by atoms with E-state index in [1.54, 1.807) is 48.5 Å². The van der Waals surface area contributed by atoms with Crippen LogP contribution >= 0.6 is 77.7 Å². The second-order valence-corrected chi connectivity index (χ2v) is 10.2. The summed E-state index contributed by atoms with van der Waals surface area (Å²) in [4.78, 5) is 24.8. The summed E-state index contributed by atoms with van der Waals surface area (Å²) in [6.07, 6.45) is 0. The Kier molecular flexibility index (Phi) is 21.3. The van der Waals surface area contributed by atoms with Crippen molar-refractivity contribution in [2.45, 2.75) is 21.3 Å². The van der Waals surface area contributed by atoms with Crippen molar-refractivity contribution in [2.24, 2.45) is 0 Å². The molecule has 5 nitrogen and oxygen atoms in total. The van der Waals surface area contributed by atoms with E-state index in [2.05, 4.69) is 54.5 Å². The van der Waals surface area contributed by atoms with Crippen molar-refractivity contribution in [3.8, 4) is 11.5 Å².